The molecule has 0 fully saturated rings. The Morgan fingerprint density at radius 2 is 1.76 bits per heavy atom. The highest BCUT2D eigenvalue weighted by molar-refractivity contribution is 7.99. The molecule has 0 aliphatic rings. The summed E-state index contributed by atoms with van der Waals surface area (Å²) in [7, 11) is 0. The smallest absolute Gasteiger partial charge is 0.288 e. The molecule has 0 spiro atoms. The zero-order valence-corrected chi connectivity index (χ0v) is 12.7. The number of hydrogen-bond acceptors (Lipinski definition) is 3. The van der Waals surface area contributed by atoms with Gasteiger partial charge in [-0.25, -0.2) is 0 Å². The lowest BCUT2D eigenvalue weighted by atomic mass is 10.1. The summed E-state index contributed by atoms with van der Waals surface area (Å²) in [6, 6.07) is 10.8. The van der Waals surface area contributed by atoms with E-state index in [2.05, 4.69) is 5.32 Å². The van der Waals surface area contributed by atoms with Crippen molar-refractivity contribution in [3.8, 4) is 5.75 Å². The van der Waals surface area contributed by atoms with Gasteiger partial charge in [0.15, 0.2) is 0 Å². The Labute approximate surface area is 127 Å². The summed E-state index contributed by atoms with van der Waals surface area (Å²) in [6.07, 6.45) is 0. The minimum absolute atomic E-state index is 0.299. The Kier molecular flexibility index (Phi) is 5.07. The zero-order chi connectivity index (χ0) is 15.4. The molecule has 0 aliphatic carbocycles. The minimum Gasteiger partial charge on any atom is -0.507 e. The number of phenolic OH excluding ortho intramolecular Hbond substituents is 1. The van der Waals surface area contributed by atoms with Crippen LogP contribution in [0.2, 0.25) is 0 Å². The standard InChI is InChI=1S/C16H17F2NOS/c1-10-7-12(8-11(2)15(10)20)9-19-13-5-3-4-6-14(13)21-16(17)18/h3-8,16,19-20H,9H2,1-2H3. The summed E-state index contributed by atoms with van der Waals surface area (Å²) in [4.78, 5) is 0.528. The van der Waals surface area contributed by atoms with Crippen molar-refractivity contribution >= 4 is 17.4 Å². The van der Waals surface area contributed by atoms with Crippen LogP contribution in [-0.4, -0.2) is 10.9 Å². The molecular weight excluding hydrogens is 292 g/mol. The largest absolute Gasteiger partial charge is 0.507 e. The maximum atomic E-state index is 12.5. The van der Waals surface area contributed by atoms with Crippen LogP contribution < -0.4 is 5.32 Å². The minimum atomic E-state index is -2.44. The van der Waals surface area contributed by atoms with E-state index in [-0.39, 0.29) is 0 Å². The average Bonchev–Trinajstić information content (AvgIpc) is 2.43. The van der Waals surface area contributed by atoms with Gasteiger partial charge >= 0.3 is 0 Å². The predicted molar refractivity (Wildman–Crippen MR) is 83.2 cm³/mol. The van der Waals surface area contributed by atoms with E-state index in [0.29, 0.717) is 34.6 Å². The molecule has 112 valence electrons. The predicted octanol–water partition coefficient (Wildman–Crippen LogP) is 4.94. The first-order chi connectivity index (χ1) is 9.97. The number of anilines is 1. The number of para-hydroxylation sites is 1. The van der Waals surface area contributed by atoms with Crippen molar-refractivity contribution in [2.24, 2.45) is 0 Å². The Morgan fingerprint density at radius 3 is 2.38 bits per heavy atom. The van der Waals surface area contributed by atoms with Crippen molar-refractivity contribution in [2.75, 3.05) is 5.32 Å². The van der Waals surface area contributed by atoms with Crippen molar-refractivity contribution in [2.45, 2.75) is 31.0 Å². The fourth-order valence-electron chi connectivity index (χ4n) is 2.16. The molecule has 5 heteroatoms. The molecule has 21 heavy (non-hydrogen) atoms. The Bertz CT molecular complexity index is 608. The van der Waals surface area contributed by atoms with Crippen molar-refractivity contribution in [3.05, 3.63) is 53.1 Å². The monoisotopic (exact) mass is 309 g/mol. The topological polar surface area (TPSA) is 32.3 Å². The fourth-order valence-corrected chi connectivity index (χ4v) is 2.77. The van der Waals surface area contributed by atoms with Gasteiger partial charge in [0.1, 0.15) is 5.75 Å². The molecular formula is C16H17F2NOS. The summed E-state index contributed by atoms with van der Waals surface area (Å²) in [5, 5.41) is 12.9. The first-order valence-corrected chi connectivity index (χ1v) is 7.42. The van der Waals surface area contributed by atoms with Crippen LogP contribution in [0.4, 0.5) is 14.5 Å². The van der Waals surface area contributed by atoms with Crippen molar-refractivity contribution < 1.29 is 13.9 Å². The van der Waals surface area contributed by atoms with Gasteiger partial charge in [-0.3, -0.25) is 0 Å². The van der Waals surface area contributed by atoms with Crippen molar-refractivity contribution in [1.29, 1.82) is 0 Å². The molecule has 0 radical (unpaired) electrons. The number of phenols is 1. The molecule has 2 aromatic rings. The number of nitrogens with one attached hydrogen (secondary N) is 1. The first-order valence-electron chi connectivity index (χ1n) is 6.54. The number of thioether (sulfide) groups is 1. The lowest BCUT2D eigenvalue weighted by molar-refractivity contribution is 0.252. The molecule has 0 unspecified atom stereocenters. The van der Waals surface area contributed by atoms with Crippen LogP contribution in [0.1, 0.15) is 16.7 Å². The van der Waals surface area contributed by atoms with Gasteiger partial charge in [0.05, 0.1) is 0 Å². The number of benzene rings is 2. The zero-order valence-electron chi connectivity index (χ0n) is 11.9. The second kappa shape index (κ2) is 6.80. The molecule has 2 N–H and O–H groups in total. The summed E-state index contributed by atoms with van der Waals surface area (Å²) in [5.41, 5.74) is 3.30. The number of hydrogen-bond donors (Lipinski definition) is 2. The second-order valence-corrected chi connectivity index (χ2v) is 5.84. The molecule has 0 amide bonds. The SMILES string of the molecule is Cc1cc(CNc2ccccc2SC(F)F)cc(C)c1O. The van der Waals surface area contributed by atoms with Crippen LogP contribution in [0.15, 0.2) is 41.3 Å². The van der Waals surface area contributed by atoms with E-state index in [9.17, 15) is 13.9 Å². The van der Waals surface area contributed by atoms with Gasteiger partial charge in [-0.15, -0.1) is 0 Å². The highest BCUT2D eigenvalue weighted by Crippen LogP contribution is 2.32. The van der Waals surface area contributed by atoms with Crippen LogP contribution in [0.3, 0.4) is 0 Å². The van der Waals surface area contributed by atoms with Gasteiger partial charge in [0, 0.05) is 17.1 Å². The summed E-state index contributed by atoms with van der Waals surface area (Å²) in [6.45, 7) is 4.20. The number of aromatic hydroxyl groups is 1. The molecule has 0 saturated heterocycles. The number of aryl methyl sites for hydroxylation is 2. The van der Waals surface area contributed by atoms with Gasteiger partial charge < -0.3 is 10.4 Å². The van der Waals surface area contributed by atoms with E-state index in [1.807, 2.05) is 32.0 Å². The lowest BCUT2D eigenvalue weighted by Crippen LogP contribution is -2.02. The quantitative estimate of drug-likeness (QED) is 0.768. The highest BCUT2D eigenvalue weighted by Gasteiger charge is 2.10. The molecule has 0 bridgehead atoms. The second-order valence-electron chi connectivity index (χ2n) is 4.81. The van der Waals surface area contributed by atoms with E-state index in [0.717, 1.165) is 16.7 Å². The lowest BCUT2D eigenvalue weighted by Gasteiger charge is -2.13. The van der Waals surface area contributed by atoms with Crippen LogP contribution >= 0.6 is 11.8 Å². The van der Waals surface area contributed by atoms with E-state index in [4.69, 9.17) is 0 Å². The van der Waals surface area contributed by atoms with Gasteiger partial charge in [-0.05, 0) is 42.7 Å². The van der Waals surface area contributed by atoms with Crippen LogP contribution in [-0.2, 0) is 6.54 Å². The molecule has 0 aliphatic heterocycles. The highest BCUT2D eigenvalue weighted by atomic mass is 32.2. The van der Waals surface area contributed by atoms with Crippen LogP contribution in [0.25, 0.3) is 0 Å². The van der Waals surface area contributed by atoms with Crippen molar-refractivity contribution in [1.82, 2.24) is 0 Å². The number of halogens is 2. The van der Waals surface area contributed by atoms with Crippen LogP contribution in [0.5, 0.6) is 5.75 Å². The van der Waals surface area contributed by atoms with E-state index >= 15 is 0 Å². The molecule has 2 aromatic carbocycles. The third-order valence-corrected chi connectivity index (χ3v) is 3.93. The number of rotatable bonds is 5. The molecule has 0 aromatic heterocycles. The Balaban J connectivity index is 2.13. The van der Waals surface area contributed by atoms with Gasteiger partial charge in [-0.1, -0.05) is 36.0 Å². The molecule has 2 rings (SSSR count). The summed E-state index contributed by atoms with van der Waals surface area (Å²) < 4.78 is 25.0. The molecule has 0 saturated carbocycles. The fraction of sp³-hybridized carbons (Fsp3) is 0.250. The first kappa shape index (κ1) is 15.6. The summed E-state index contributed by atoms with van der Waals surface area (Å²) in [5.74, 6) is -2.14. The maximum absolute atomic E-state index is 12.5. The van der Waals surface area contributed by atoms with Gasteiger partial charge in [0.25, 0.3) is 5.76 Å². The summed E-state index contributed by atoms with van der Waals surface area (Å²) >= 11 is 0.533. The molecule has 0 heterocycles. The maximum Gasteiger partial charge on any atom is 0.288 e. The molecule has 2 nitrogen and oxygen atoms in total. The van der Waals surface area contributed by atoms with Gasteiger partial charge in [-0.2, -0.15) is 8.78 Å². The van der Waals surface area contributed by atoms with E-state index in [1.54, 1.807) is 18.2 Å². The third-order valence-electron chi connectivity index (χ3n) is 3.14. The van der Waals surface area contributed by atoms with Crippen molar-refractivity contribution in [3.63, 3.8) is 0 Å². The van der Waals surface area contributed by atoms with E-state index in [1.165, 1.54) is 0 Å². The van der Waals surface area contributed by atoms with Crippen LogP contribution in [0, 0.1) is 13.8 Å². The average molecular weight is 309 g/mol. The molecule has 0 atom stereocenters. The third kappa shape index (κ3) is 4.11. The van der Waals surface area contributed by atoms with Gasteiger partial charge in [0.2, 0.25) is 0 Å². The van der Waals surface area contributed by atoms with E-state index < -0.39 is 5.76 Å². The Hall–Kier alpha value is -1.75. The normalized spacial score (nSPS) is 10.9. The number of alkyl halides is 2. The Morgan fingerprint density at radius 1 is 1.14 bits per heavy atom.